The molecule has 3 N–H and O–H groups in total. The Balaban J connectivity index is 1.83. The Labute approximate surface area is 120 Å². The minimum Gasteiger partial charge on any atom is -0.481 e. The highest BCUT2D eigenvalue weighted by atomic mass is 16.5. The van der Waals surface area contributed by atoms with Crippen LogP contribution in [0.2, 0.25) is 0 Å². The molecule has 1 saturated heterocycles. The van der Waals surface area contributed by atoms with E-state index >= 15 is 0 Å². The lowest BCUT2D eigenvalue weighted by Gasteiger charge is -2.10. The quantitative estimate of drug-likeness (QED) is 0.534. The zero-order valence-electron chi connectivity index (χ0n) is 12.0. The van der Waals surface area contributed by atoms with Crippen molar-refractivity contribution in [3.63, 3.8) is 0 Å². The number of amides is 2. The average Bonchev–Trinajstić information content (AvgIpc) is 2.90. The number of aliphatic carboxylic acids is 1. The maximum absolute atomic E-state index is 11.5. The molecule has 0 saturated carbocycles. The van der Waals surface area contributed by atoms with Crippen LogP contribution in [-0.2, 0) is 9.53 Å². The first-order chi connectivity index (χ1) is 9.68. The van der Waals surface area contributed by atoms with Gasteiger partial charge in [0.05, 0.1) is 0 Å². The van der Waals surface area contributed by atoms with Crippen LogP contribution in [0, 0.1) is 5.92 Å². The number of carboxylic acids is 1. The molecule has 1 rings (SSSR count). The Morgan fingerprint density at radius 1 is 1.10 bits per heavy atom. The first-order valence-corrected chi connectivity index (χ1v) is 7.49. The lowest BCUT2D eigenvalue weighted by Crippen LogP contribution is -2.37. The number of unbranched alkanes of at least 4 members (excludes halogenated alkanes) is 3. The van der Waals surface area contributed by atoms with E-state index in [9.17, 15) is 9.59 Å². The minimum atomic E-state index is -0.741. The zero-order valence-corrected chi connectivity index (χ0v) is 12.0. The second-order valence-electron chi connectivity index (χ2n) is 5.26. The summed E-state index contributed by atoms with van der Waals surface area (Å²) >= 11 is 0. The van der Waals surface area contributed by atoms with Crippen LogP contribution < -0.4 is 10.6 Å². The fourth-order valence-corrected chi connectivity index (χ4v) is 2.22. The van der Waals surface area contributed by atoms with Gasteiger partial charge in [-0.1, -0.05) is 12.8 Å². The number of carbonyl (C=O) groups excluding carboxylic acids is 1. The predicted octanol–water partition coefficient (Wildman–Crippen LogP) is 1.75. The van der Waals surface area contributed by atoms with Crippen molar-refractivity contribution in [3.05, 3.63) is 0 Å². The lowest BCUT2D eigenvalue weighted by atomic mass is 10.1. The van der Waals surface area contributed by atoms with Gasteiger partial charge in [-0.2, -0.15) is 0 Å². The summed E-state index contributed by atoms with van der Waals surface area (Å²) in [5, 5.41) is 14.1. The predicted molar refractivity (Wildman–Crippen MR) is 75.7 cm³/mol. The highest BCUT2D eigenvalue weighted by Gasteiger charge is 2.15. The molecule has 0 radical (unpaired) electrons. The van der Waals surface area contributed by atoms with Gasteiger partial charge in [-0.15, -0.1) is 0 Å². The van der Waals surface area contributed by atoms with Gasteiger partial charge in [0.1, 0.15) is 0 Å². The van der Waals surface area contributed by atoms with E-state index in [-0.39, 0.29) is 12.5 Å². The molecule has 1 heterocycles. The number of hydrogen-bond acceptors (Lipinski definition) is 3. The molecule has 6 nitrogen and oxygen atoms in total. The van der Waals surface area contributed by atoms with Crippen LogP contribution >= 0.6 is 0 Å². The summed E-state index contributed by atoms with van der Waals surface area (Å²) < 4.78 is 5.28. The van der Waals surface area contributed by atoms with E-state index in [4.69, 9.17) is 9.84 Å². The highest BCUT2D eigenvalue weighted by molar-refractivity contribution is 5.73. The molecular weight excluding hydrogens is 260 g/mol. The Hall–Kier alpha value is -1.30. The van der Waals surface area contributed by atoms with E-state index < -0.39 is 5.97 Å². The number of carbonyl (C=O) groups is 2. The van der Waals surface area contributed by atoms with Crippen LogP contribution in [0.1, 0.15) is 44.9 Å². The molecule has 6 heteroatoms. The van der Waals surface area contributed by atoms with Gasteiger partial charge in [0.2, 0.25) is 0 Å². The summed E-state index contributed by atoms with van der Waals surface area (Å²) in [4.78, 5) is 21.8. The maximum Gasteiger partial charge on any atom is 0.314 e. The molecule has 0 aromatic carbocycles. The van der Waals surface area contributed by atoms with Crippen molar-refractivity contribution in [2.45, 2.75) is 44.9 Å². The Morgan fingerprint density at radius 2 is 1.85 bits per heavy atom. The second-order valence-corrected chi connectivity index (χ2v) is 5.26. The molecule has 0 aromatic heterocycles. The zero-order chi connectivity index (χ0) is 14.6. The van der Waals surface area contributed by atoms with E-state index in [0.717, 1.165) is 45.3 Å². The smallest absolute Gasteiger partial charge is 0.314 e. The van der Waals surface area contributed by atoms with Crippen molar-refractivity contribution in [2.24, 2.45) is 5.92 Å². The van der Waals surface area contributed by atoms with Gasteiger partial charge < -0.3 is 20.5 Å². The number of nitrogens with one attached hydrogen (secondary N) is 2. The van der Waals surface area contributed by atoms with Gasteiger partial charge in [0.15, 0.2) is 0 Å². The van der Waals surface area contributed by atoms with Crippen LogP contribution in [0.5, 0.6) is 0 Å². The summed E-state index contributed by atoms with van der Waals surface area (Å²) in [6, 6.07) is -0.116. The van der Waals surface area contributed by atoms with Gasteiger partial charge in [-0.05, 0) is 31.6 Å². The minimum absolute atomic E-state index is 0.116. The molecule has 0 aliphatic carbocycles. The number of urea groups is 1. The molecule has 0 bridgehead atoms. The molecule has 0 spiro atoms. The summed E-state index contributed by atoms with van der Waals surface area (Å²) in [7, 11) is 0. The van der Waals surface area contributed by atoms with E-state index in [1.807, 2.05) is 0 Å². The van der Waals surface area contributed by atoms with E-state index in [1.165, 1.54) is 0 Å². The lowest BCUT2D eigenvalue weighted by molar-refractivity contribution is -0.137. The largest absolute Gasteiger partial charge is 0.481 e. The SMILES string of the molecule is O=C(O)CCCCCCNC(=O)NCCC1CCOC1. The standard InChI is InChI=1S/C14H26N2O4/c17-13(18)5-3-1-2-4-8-15-14(19)16-9-6-12-7-10-20-11-12/h12H,1-11H2,(H,17,18)(H2,15,16,19). The third-order valence-electron chi connectivity index (χ3n) is 3.47. The van der Waals surface area contributed by atoms with Crippen molar-refractivity contribution in [1.29, 1.82) is 0 Å². The topological polar surface area (TPSA) is 87.7 Å². The Kier molecular flexibility index (Phi) is 8.78. The monoisotopic (exact) mass is 286 g/mol. The first-order valence-electron chi connectivity index (χ1n) is 7.49. The van der Waals surface area contributed by atoms with Crippen LogP contribution in [0.4, 0.5) is 4.79 Å². The second kappa shape index (κ2) is 10.5. The molecular formula is C14H26N2O4. The van der Waals surface area contributed by atoms with Crippen molar-refractivity contribution < 1.29 is 19.4 Å². The van der Waals surface area contributed by atoms with Crippen molar-refractivity contribution >= 4 is 12.0 Å². The fourth-order valence-electron chi connectivity index (χ4n) is 2.22. The van der Waals surface area contributed by atoms with Crippen LogP contribution in [-0.4, -0.2) is 43.4 Å². The summed E-state index contributed by atoms with van der Waals surface area (Å²) in [5.41, 5.74) is 0. The molecule has 1 aliphatic rings. The maximum atomic E-state index is 11.5. The van der Waals surface area contributed by atoms with Gasteiger partial charge in [0.25, 0.3) is 0 Å². The number of carboxylic acid groups (broad SMARTS) is 1. The average molecular weight is 286 g/mol. The molecule has 1 atom stereocenters. The third kappa shape index (κ3) is 8.74. The molecule has 0 aromatic rings. The first kappa shape index (κ1) is 16.8. The van der Waals surface area contributed by atoms with Gasteiger partial charge in [0, 0.05) is 32.7 Å². The Bertz CT molecular complexity index is 291. The van der Waals surface area contributed by atoms with Gasteiger partial charge >= 0.3 is 12.0 Å². The summed E-state index contributed by atoms with van der Waals surface area (Å²) in [5.74, 6) is -0.153. The van der Waals surface area contributed by atoms with Gasteiger partial charge in [-0.3, -0.25) is 4.79 Å². The van der Waals surface area contributed by atoms with Gasteiger partial charge in [-0.25, -0.2) is 4.79 Å². The molecule has 1 fully saturated rings. The van der Waals surface area contributed by atoms with Crippen molar-refractivity contribution in [3.8, 4) is 0 Å². The molecule has 1 aliphatic heterocycles. The molecule has 1 unspecified atom stereocenters. The molecule has 20 heavy (non-hydrogen) atoms. The Morgan fingerprint density at radius 3 is 2.55 bits per heavy atom. The number of rotatable bonds is 10. The highest BCUT2D eigenvalue weighted by Crippen LogP contribution is 2.14. The van der Waals surface area contributed by atoms with Crippen molar-refractivity contribution in [2.75, 3.05) is 26.3 Å². The van der Waals surface area contributed by atoms with Crippen LogP contribution in [0.3, 0.4) is 0 Å². The van der Waals surface area contributed by atoms with Crippen molar-refractivity contribution in [1.82, 2.24) is 10.6 Å². The van der Waals surface area contributed by atoms with E-state index in [2.05, 4.69) is 10.6 Å². The van der Waals surface area contributed by atoms with Crippen LogP contribution in [0.15, 0.2) is 0 Å². The number of hydrogen-bond donors (Lipinski definition) is 3. The van der Waals surface area contributed by atoms with Crippen LogP contribution in [0.25, 0.3) is 0 Å². The van der Waals surface area contributed by atoms with E-state index in [0.29, 0.717) is 25.4 Å². The number of ether oxygens (including phenoxy) is 1. The molecule has 116 valence electrons. The van der Waals surface area contributed by atoms with E-state index in [1.54, 1.807) is 0 Å². The fraction of sp³-hybridized carbons (Fsp3) is 0.857. The summed E-state index contributed by atoms with van der Waals surface area (Å²) in [6.07, 6.45) is 5.76. The third-order valence-corrected chi connectivity index (χ3v) is 3.47. The normalized spacial score (nSPS) is 17.9. The summed E-state index contributed by atoms with van der Waals surface area (Å²) in [6.45, 7) is 3.00. The molecule has 2 amide bonds.